The number of amides is 1. The Morgan fingerprint density at radius 2 is 1.77 bits per heavy atom. The van der Waals surface area contributed by atoms with Gasteiger partial charge in [0.25, 0.3) is 5.91 Å². The molecule has 0 saturated heterocycles. The van der Waals surface area contributed by atoms with E-state index < -0.39 is 0 Å². The summed E-state index contributed by atoms with van der Waals surface area (Å²) in [6.07, 6.45) is 2.94. The topological polar surface area (TPSA) is 66.9 Å². The van der Waals surface area contributed by atoms with Crippen molar-refractivity contribution in [1.29, 1.82) is 0 Å². The molecule has 0 saturated carbocycles. The normalized spacial score (nSPS) is 10.4. The zero-order valence-electron chi connectivity index (χ0n) is 14.6. The number of nitrogens with one attached hydrogen (secondary N) is 2. The van der Waals surface area contributed by atoms with Gasteiger partial charge in [-0.15, -0.1) is 0 Å². The smallest absolute Gasteiger partial charge is 0.271 e. The van der Waals surface area contributed by atoms with Crippen molar-refractivity contribution in [3.05, 3.63) is 83.1 Å². The highest BCUT2D eigenvalue weighted by atomic mass is 19.1. The molecule has 0 unspecified atom stereocenters. The first-order chi connectivity index (χ1) is 12.5. The van der Waals surface area contributed by atoms with E-state index in [0.29, 0.717) is 12.4 Å². The molecule has 0 atom stereocenters. The molecule has 1 amide bonds. The van der Waals surface area contributed by atoms with E-state index >= 15 is 0 Å². The van der Waals surface area contributed by atoms with E-state index in [1.807, 2.05) is 25.1 Å². The molecule has 1 aromatic heterocycles. The first kappa shape index (κ1) is 17.5. The van der Waals surface area contributed by atoms with Crippen molar-refractivity contribution < 1.29 is 9.18 Å². The van der Waals surface area contributed by atoms with Crippen LogP contribution in [0.4, 0.5) is 15.9 Å². The summed E-state index contributed by atoms with van der Waals surface area (Å²) < 4.78 is 12.9. The third kappa shape index (κ3) is 4.42. The lowest BCUT2D eigenvalue weighted by Crippen LogP contribution is -2.24. The molecule has 132 valence electrons. The molecule has 0 aliphatic rings. The molecule has 0 aliphatic carbocycles. The fourth-order valence-electron chi connectivity index (χ4n) is 2.35. The van der Waals surface area contributed by atoms with Crippen LogP contribution in [-0.2, 0) is 6.54 Å². The molecule has 0 radical (unpaired) electrons. The van der Waals surface area contributed by atoms with E-state index in [0.717, 1.165) is 11.3 Å². The molecule has 6 heteroatoms. The standard InChI is InChI=1S/C20H19FN4O/c1-13-3-8-17(9-14(13)2)25-19-12-22-18(11-23-19)20(26)24-10-15-4-6-16(21)7-5-15/h3-9,11-12H,10H2,1-2H3,(H,23,25)(H,24,26). The highest BCUT2D eigenvalue weighted by Gasteiger charge is 2.08. The van der Waals surface area contributed by atoms with Crippen LogP contribution in [0.5, 0.6) is 0 Å². The lowest BCUT2D eigenvalue weighted by Gasteiger charge is -2.08. The van der Waals surface area contributed by atoms with E-state index in [9.17, 15) is 9.18 Å². The van der Waals surface area contributed by atoms with Crippen LogP contribution < -0.4 is 10.6 Å². The summed E-state index contributed by atoms with van der Waals surface area (Å²) in [4.78, 5) is 20.5. The van der Waals surface area contributed by atoms with Crippen molar-refractivity contribution in [2.75, 3.05) is 5.32 Å². The molecular weight excluding hydrogens is 331 g/mol. The van der Waals surface area contributed by atoms with Crippen LogP contribution in [0, 0.1) is 19.7 Å². The third-order valence-corrected chi connectivity index (χ3v) is 4.03. The Labute approximate surface area is 151 Å². The van der Waals surface area contributed by atoms with Gasteiger partial charge in [-0.1, -0.05) is 18.2 Å². The number of halogens is 1. The molecule has 26 heavy (non-hydrogen) atoms. The summed E-state index contributed by atoms with van der Waals surface area (Å²) in [5, 5.41) is 5.89. The van der Waals surface area contributed by atoms with E-state index in [1.54, 1.807) is 12.1 Å². The lowest BCUT2D eigenvalue weighted by atomic mass is 10.1. The van der Waals surface area contributed by atoms with Crippen molar-refractivity contribution >= 4 is 17.4 Å². The minimum atomic E-state index is -0.334. The summed E-state index contributed by atoms with van der Waals surface area (Å²) >= 11 is 0. The second-order valence-electron chi connectivity index (χ2n) is 6.02. The second-order valence-corrected chi connectivity index (χ2v) is 6.02. The first-order valence-corrected chi connectivity index (χ1v) is 8.20. The number of benzene rings is 2. The van der Waals surface area contributed by atoms with Gasteiger partial charge in [-0.3, -0.25) is 4.79 Å². The van der Waals surface area contributed by atoms with E-state index in [1.165, 1.54) is 35.7 Å². The Morgan fingerprint density at radius 3 is 2.42 bits per heavy atom. The van der Waals surface area contributed by atoms with E-state index in [-0.39, 0.29) is 17.4 Å². The molecular formula is C20H19FN4O. The predicted molar refractivity (Wildman–Crippen MR) is 98.8 cm³/mol. The molecule has 0 aliphatic heterocycles. The molecule has 3 rings (SSSR count). The predicted octanol–water partition coefficient (Wildman–Crippen LogP) is 3.91. The van der Waals surface area contributed by atoms with Crippen LogP contribution in [0.3, 0.4) is 0 Å². The number of rotatable bonds is 5. The number of nitrogens with zero attached hydrogens (tertiary/aromatic N) is 2. The van der Waals surface area contributed by atoms with Crippen LogP contribution in [0.1, 0.15) is 27.2 Å². The van der Waals surface area contributed by atoms with Gasteiger partial charge in [0, 0.05) is 12.2 Å². The fraction of sp³-hybridized carbons (Fsp3) is 0.150. The molecule has 0 spiro atoms. The van der Waals surface area contributed by atoms with Crippen LogP contribution in [0.25, 0.3) is 0 Å². The quantitative estimate of drug-likeness (QED) is 0.732. The van der Waals surface area contributed by atoms with Crippen LogP contribution >= 0.6 is 0 Å². The number of carbonyl (C=O) groups excluding carboxylic acids is 1. The van der Waals surface area contributed by atoms with Gasteiger partial charge < -0.3 is 10.6 Å². The Bertz CT molecular complexity index is 908. The minimum Gasteiger partial charge on any atom is -0.347 e. The van der Waals surface area contributed by atoms with Gasteiger partial charge in [0.2, 0.25) is 0 Å². The molecule has 2 N–H and O–H groups in total. The summed E-state index contributed by atoms with van der Waals surface area (Å²) in [6.45, 7) is 4.39. The second kappa shape index (κ2) is 7.74. The van der Waals surface area contributed by atoms with Crippen molar-refractivity contribution in [3.8, 4) is 0 Å². The van der Waals surface area contributed by atoms with Gasteiger partial charge in [-0.05, 0) is 54.8 Å². The van der Waals surface area contributed by atoms with Gasteiger partial charge >= 0.3 is 0 Å². The number of hydrogen-bond donors (Lipinski definition) is 2. The average molecular weight is 350 g/mol. The molecule has 5 nitrogen and oxygen atoms in total. The molecule has 3 aromatic rings. The molecule has 2 aromatic carbocycles. The Balaban J connectivity index is 1.60. The summed E-state index contributed by atoms with van der Waals surface area (Å²) in [6, 6.07) is 12.0. The zero-order chi connectivity index (χ0) is 18.5. The van der Waals surface area contributed by atoms with Gasteiger partial charge in [0.1, 0.15) is 17.3 Å². The first-order valence-electron chi connectivity index (χ1n) is 8.20. The van der Waals surface area contributed by atoms with Crippen molar-refractivity contribution in [2.45, 2.75) is 20.4 Å². The number of aromatic nitrogens is 2. The monoisotopic (exact) mass is 350 g/mol. The maximum absolute atomic E-state index is 12.9. The minimum absolute atomic E-state index is 0.220. The van der Waals surface area contributed by atoms with Crippen LogP contribution in [0.15, 0.2) is 54.9 Å². The number of carbonyl (C=O) groups is 1. The molecule has 0 fully saturated rings. The Hall–Kier alpha value is -3.28. The van der Waals surface area contributed by atoms with Crippen molar-refractivity contribution in [2.24, 2.45) is 0 Å². The van der Waals surface area contributed by atoms with Crippen molar-refractivity contribution in [3.63, 3.8) is 0 Å². The molecule has 0 bridgehead atoms. The van der Waals surface area contributed by atoms with Gasteiger partial charge in [0.15, 0.2) is 0 Å². The largest absolute Gasteiger partial charge is 0.347 e. The van der Waals surface area contributed by atoms with Crippen LogP contribution in [0.2, 0.25) is 0 Å². The zero-order valence-corrected chi connectivity index (χ0v) is 14.6. The van der Waals surface area contributed by atoms with Gasteiger partial charge in [-0.25, -0.2) is 14.4 Å². The maximum Gasteiger partial charge on any atom is 0.271 e. The number of aryl methyl sites for hydroxylation is 2. The Morgan fingerprint density at radius 1 is 1.00 bits per heavy atom. The van der Waals surface area contributed by atoms with Crippen LogP contribution in [-0.4, -0.2) is 15.9 Å². The van der Waals surface area contributed by atoms with Gasteiger partial charge in [-0.2, -0.15) is 0 Å². The van der Waals surface area contributed by atoms with E-state index in [2.05, 4.69) is 27.5 Å². The van der Waals surface area contributed by atoms with Crippen molar-refractivity contribution in [1.82, 2.24) is 15.3 Å². The average Bonchev–Trinajstić information content (AvgIpc) is 2.65. The molecule has 1 heterocycles. The summed E-state index contributed by atoms with van der Waals surface area (Å²) in [5.74, 6) is -0.0827. The highest BCUT2D eigenvalue weighted by Crippen LogP contribution is 2.17. The maximum atomic E-state index is 12.9. The SMILES string of the molecule is Cc1ccc(Nc2cnc(C(=O)NCc3ccc(F)cc3)cn2)cc1C. The van der Waals surface area contributed by atoms with E-state index in [4.69, 9.17) is 0 Å². The number of anilines is 2. The highest BCUT2D eigenvalue weighted by molar-refractivity contribution is 5.92. The summed E-state index contributed by atoms with van der Waals surface area (Å²) in [5.41, 5.74) is 4.34. The lowest BCUT2D eigenvalue weighted by molar-refractivity contribution is 0.0945. The Kier molecular flexibility index (Phi) is 5.22. The number of hydrogen-bond acceptors (Lipinski definition) is 4. The third-order valence-electron chi connectivity index (χ3n) is 4.03. The fourth-order valence-corrected chi connectivity index (χ4v) is 2.35. The van der Waals surface area contributed by atoms with Gasteiger partial charge in [0.05, 0.1) is 12.4 Å². The summed E-state index contributed by atoms with van der Waals surface area (Å²) in [7, 11) is 0.